The number of hydrogen-bond donors (Lipinski definition) is 0. The fraction of sp³-hybridized carbons (Fsp3) is 0.161. The van der Waals surface area contributed by atoms with Gasteiger partial charge >= 0.3 is 0 Å². The Morgan fingerprint density at radius 1 is 1.00 bits per heavy atom. The minimum Gasteiger partial charge on any atom is -0.294 e. The summed E-state index contributed by atoms with van der Waals surface area (Å²) in [5.74, 6) is 0.0905. The monoisotopic (exact) mass is 553 g/mol. The molecular formula is C31H24BrNO2S. The molecule has 6 aromatic rings. The number of allylic oxidation sites excluding steroid dienone is 1. The number of benzene rings is 3. The van der Waals surface area contributed by atoms with Crippen molar-refractivity contribution in [2.45, 2.75) is 34.1 Å². The Kier molecular flexibility index (Phi) is 5.39. The summed E-state index contributed by atoms with van der Waals surface area (Å²) >= 11 is 5.27. The summed E-state index contributed by atoms with van der Waals surface area (Å²) in [6.07, 6.45) is 2.60. The maximum atomic E-state index is 13.8. The topological polar surface area (TPSA) is 38.5 Å². The molecule has 178 valence electrons. The SMILES string of the molecule is CCC(=O)c1ccc2c(=O)n3c4ccc(C)cc4cc3c3sc(/C(C)=C/c4cc(Br)ccc4C)c1c23. The van der Waals surface area contributed by atoms with Crippen molar-refractivity contribution in [3.63, 3.8) is 0 Å². The molecule has 0 amide bonds. The first kappa shape index (κ1) is 23.1. The number of nitrogens with zero attached hydrogens (tertiary/aromatic N) is 1. The quantitative estimate of drug-likeness (QED) is 0.204. The summed E-state index contributed by atoms with van der Waals surface area (Å²) in [4.78, 5) is 27.9. The zero-order valence-corrected chi connectivity index (χ0v) is 22.9. The number of rotatable bonds is 4. The molecular weight excluding hydrogens is 530 g/mol. The van der Waals surface area contributed by atoms with Crippen LogP contribution in [0.15, 0.2) is 63.9 Å². The highest BCUT2D eigenvalue weighted by atomic mass is 79.9. The number of fused-ring (bicyclic) bond motifs is 4. The zero-order valence-electron chi connectivity index (χ0n) is 20.5. The number of halogens is 1. The Balaban J connectivity index is 1.78. The second-order valence-electron chi connectivity index (χ2n) is 9.51. The van der Waals surface area contributed by atoms with Crippen LogP contribution in [0.5, 0.6) is 0 Å². The molecule has 6 rings (SSSR count). The second kappa shape index (κ2) is 8.39. The summed E-state index contributed by atoms with van der Waals surface area (Å²) in [5, 5.41) is 3.52. The third-order valence-electron chi connectivity index (χ3n) is 7.08. The molecule has 0 saturated carbocycles. The van der Waals surface area contributed by atoms with Crippen LogP contribution in [-0.2, 0) is 0 Å². The van der Waals surface area contributed by atoms with Crippen molar-refractivity contribution in [3.8, 4) is 0 Å². The molecule has 0 fully saturated rings. The molecule has 3 nitrogen and oxygen atoms in total. The second-order valence-corrected chi connectivity index (χ2v) is 11.4. The molecule has 0 aliphatic heterocycles. The maximum absolute atomic E-state index is 13.8. The van der Waals surface area contributed by atoms with Gasteiger partial charge in [0.05, 0.1) is 15.7 Å². The summed E-state index contributed by atoms with van der Waals surface area (Å²) in [6.45, 7) is 8.15. The van der Waals surface area contributed by atoms with E-state index >= 15 is 0 Å². The molecule has 3 heterocycles. The number of carbonyl (C=O) groups excluding carboxylic acids is 1. The number of aryl methyl sites for hydroxylation is 2. The summed E-state index contributed by atoms with van der Waals surface area (Å²) in [5.41, 5.74) is 7.02. The van der Waals surface area contributed by atoms with Crippen LogP contribution < -0.4 is 5.56 Å². The van der Waals surface area contributed by atoms with E-state index in [0.29, 0.717) is 17.4 Å². The van der Waals surface area contributed by atoms with Gasteiger partial charge in [-0.25, -0.2) is 0 Å². The predicted molar refractivity (Wildman–Crippen MR) is 157 cm³/mol. The van der Waals surface area contributed by atoms with Crippen molar-refractivity contribution >= 4 is 82.0 Å². The van der Waals surface area contributed by atoms with Gasteiger partial charge in [0, 0.05) is 42.9 Å². The van der Waals surface area contributed by atoms with Crippen molar-refractivity contribution in [1.82, 2.24) is 4.40 Å². The first-order valence-electron chi connectivity index (χ1n) is 12.0. The number of aromatic nitrogens is 1. The lowest BCUT2D eigenvalue weighted by Crippen LogP contribution is -2.12. The minimum atomic E-state index is -0.0364. The lowest BCUT2D eigenvalue weighted by molar-refractivity contribution is 0.0990. The largest absolute Gasteiger partial charge is 0.294 e. The lowest BCUT2D eigenvalue weighted by Gasteiger charge is -2.08. The first-order valence-corrected chi connectivity index (χ1v) is 13.6. The molecule has 0 spiro atoms. The highest BCUT2D eigenvalue weighted by Gasteiger charge is 2.24. The van der Waals surface area contributed by atoms with Gasteiger partial charge in [0.2, 0.25) is 0 Å². The highest BCUT2D eigenvalue weighted by Crippen LogP contribution is 2.44. The molecule has 0 bridgehead atoms. The molecule has 0 atom stereocenters. The van der Waals surface area contributed by atoms with Gasteiger partial charge in [-0.2, -0.15) is 0 Å². The normalized spacial score (nSPS) is 12.5. The van der Waals surface area contributed by atoms with E-state index in [1.807, 2.05) is 41.7 Å². The van der Waals surface area contributed by atoms with Crippen LogP contribution in [0.4, 0.5) is 0 Å². The Labute approximate surface area is 221 Å². The van der Waals surface area contributed by atoms with E-state index < -0.39 is 0 Å². The third-order valence-corrected chi connectivity index (χ3v) is 8.92. The van der Waals surface area contributed by atoms with E-state index in [0.717, 1.165) is 57.9 Å². The van der Waals surface area contributed by atoms with Crippen LogP contribution >= 0.6 is 27.3 Å². The number of hydrogen-bond acceptors (Lipinski definition) is 3. The Hall–Kier alpha value is -3.28. The van der Waals surface area contributed by atoms with Crippen LogP contribution in [-0.4, -0.2) is 10.2 Å². The molecule has 0 saturated heterocycles. The van der Waals surface area contributed by atoms with Crippen LogP contribution in [0.2, 0.25) is 0 Å². The third kappa shape index (κ3) is 3.37. The first-order chi connectivity index (χ1) is 17.3. The average Bonchev–Trinajstić information content (AvgIpc) is 3.43. The summed E-state index contributed by atoms with van der Waals surface area (Å²) in [6, 6.07) is 18.2. The fourth-order valence-corrected chi connectivity index (χ4v) is 6.93. The summed E-state index contributed by atoms with van der Waals surface area (Å²) < 4.78 is 3.91. The van der Waals surface area contributed by atoms with E-state index in [-0.39, 0.29) is 11.3 Å². The molecule has 0 N–H and O–H groups in total. The standard InChI is InChI=1S/C31H24BrNO2S/c1-5-26(34)22-9-10-23-28-27(22)29(18(4)13-19-14-21(32)8-7-17(19)3)36-30(28)25-15-20-12-16(2)6-11-24(20)33(25)31(23)35/h6-15H,5H2,1-4H3/b18-13+. The van der Waals surface area contributed by atoms with Crippen molar-refractivity contribution in [2.75, 3.05) is 0 Å². The van der Waals surface area contributed by atoms with E-state index in [9.17, 15) is 9.59 Å². The van der Waals surface area contributed by atoms with Crippen molar-refractivity contribution in [1.29, 1.82) is 0 Å². The van der Waals surface area contributed by atoms with Crippen LogP contribution in [0.1, 0.15) is 52.2 Å². The van der Waals surface area contributed by atoms with Gasteiger partial charge in [0.1, 0.15) is 0 Å². The van der Waals surface area contributed by atoms with Crippen LogP contribution in [0.3, 0.4) is 0 Å². The molecule has 0 unspecified atom stereocenters. The van der Waals surface area contributed by atoms with Gasteiger partial charge in [-0.05, 0) is 79.9 Å². The molecule has 3 aromatic carbocycles. The zero-order chi connectivity index (χ0) is 25.3. The van der Waals surface area contributed by atoms with Crippen molar-refractivity contribution in [2.24, 2.45) is 0 Å². The molecule has 0 aliphatic carbocycles. The molecule has 0 aliphatic rings. The van der Waals surface area contributed by atoms with Crippen LogP contribution in [0, 0.1) is 13.8 Å². The molecule has 3 aromatic heterocycles. The van der Waals surface area contributed by atoms with Gasteiger partial charge in [-0.1, -0.05) is 46.6 Å². The summed E-state index contributed by atoms with van der Waals surface area (Å²) in [7, 11) is 0. The van der Waals surface area contributed by atoms with E-state index in [1.165, 1.54) is 5.56 Å². The molecule has 5 heteroatoms. The predicted octanol–water partition coefficient (Wildman–Crippen LogP) is 8.79. The van der Waals surface area contributed by atoms with E-state index in [2.05, 4.69) is 67.0 Å². The Morgan fingerprint density at radius 2 is 1.81 bits per heavy atom. The van der Waals surface area contributed by atoms with Gasteiger partial charge in [0.15, 0.2) is 5.78 Å². The Bertz CT molecular complexity index is 1960. The van der Waals surface area contributed by atoms with E-state index in [1.54, 1.807) is 11.3 Å². The fourth-order valence-electron chi connectivity index (χ4n) is 5.24. The average molecular weight is 555 g/mol. The van der Waals surface area contributed by atoms with Crippen molar-refractivity contribution in [3.05, 3.63) is 96.6 Å². The smallest absolute Gasteiger partial charge is 0.263 e. The van der Waals surface area contributed by atoms with Crippen molar-refractivity contribution < 1.29 is 4.79 Å². The number of carbonyl (C=O) groups is 1. The minimum absolute atomic E-state index is 0.0364. The van der Waals surface area contributed by atoms with Gasteiger partial charge < -0.3 is 0 Å². The van der Waals surface area contributed by atoms with Gasteiger partial charge in [-0.3, -0.25) is 14.0 Å². The maximum Gasteiger partial charge on any atom is 0.263 e. The number of Topliss-reactive ketones (excluding diaryl/α,β-unsaturated/α-hetero) is 1. The van der Waals surface area contributed by atoms with Gasteiger partial charge in [-0.15, -0.1) is 11.3 Å². The Morgan fingerprint density at radius 3 is 2.58 bits per heavy atom. The lowest BCUT2D eigenvalue weighted by atomic mass is 9.95. The molecule has 0 radical (unpaired) electrons. The highest BCUT2D eigenvalue weighted by molar-refractivity contribution is 9.10. The molecule has 36 heavy (non-hydrogen) atoms. The van der Waals surface area contributed by atoms with E-state index in [4.69, 9.17) is 0 Å². The number of thiophene rings is 1. The van der Waals surface area contributed by atoms with Gasteiger partial charge in [0.25, 0.3) is 5.56 Å². The number of ketones is 1. The number of pyridine rings is 1. The van der Waals surface area contributed by atoms with Crippen LogP contribution in [0.25, 0.3) is 48.9 Å².